The van der Waals surface area contributed by atoms with Gasteiger partial charge in [-0.25, -0.2) is 0 Å². The second-order valence-electron chi connectivity index (χ2n) is 16.4. The van der Waals surface area contributed by atoms with Gasteiger partial charge in [-0.3, -0.25) is 14.4 Å². The molecular weight excluding hydrogens is 1020 g/mol. The summed E-state index contributed by atoms with van der Waals surface area (Å²) in [4.78, 5) is 33.9. The van der Waals surface area contributed by atoms with Crippen LogP contribution in [0.15, 0.2) is 190 Å². The number of carbonyl (C=O) groups is 3. The molecule has 0 saturated carbocycles. The van der Waals surface area contributed by atoms with E-state index in [1.54, 1.807) is 65.4 Å². The highest BCUT2D eigenvalue weighted by atomic mass is 79.9. The molecule has 4 rings (SSSR count). The molecule has 17 heteroatoms. The van der Waals surface area contributed by atoms with E-state index >= 15 is 0 Å². The van der Waals surface area contributed by atoms with Crippen molar-refractivity contribution < 1.29 is 73.3 Å². The molecule has 1 heterocycles. The zero-order valence-electron chi connectivity index (χ0n) is 43.2. The normalized spacial score (nSPS) is 15.2. The summed E-state index contributed by atoms with van der Waals surface area (Å²) in [7, 11) is 3.22. The summed E-state index contributed by atoms with van der Waals surface area (Å²) in [5, 5.41) is 58.2. The molecule has 15 nitrogen and oxygen atoms in total. The van der Waals surface area contributed by atoms with Gasteiger partial charge in [-0.1, -0.05) is 72.9 Å². The van der Waals surface area contributed by atoms with Gasteiger partial charge in [0.1, 0.15) is 40.3 Å². The highest BCUT2D eigenvalue weighted by Gasteiger charge is 2.28. The van der Waals surface area contributed by atoms with Gasteiger partial charge >= 0.3 is 5.94 Å². The molecule has 3 atom stereocenters. The lowest BCUT2D eigenvalue weighted by molar-refractivity contribution is -0.112. The third-order valence-corrected chi connectivity index (χ3v) is 10.6. The molecule has 1 aliphatic rings. The van der Waals surface area contributed by atoms with Crippen LogP contribution in [-0.4, -0.2) is 101 Å². The first-order chi connectivity index (χ1) is 35.2. The molecule has 74 heavy (non-hydrogen) atoms. The SMILES string of the molecule is BrB1Oc2ccccc2O1.COc1ccc(CO[C@@H](C)/C=C(/C=C/C(C)=C(C=O)\C(C)=C\C(O)=C\C(C)O)CO)cc1.COc1ccc(CO[C@@H](C)/C=C(/C=C/C(C)=C(C=O)\C(O)=C\C(O)=C\C(C)=O)CO)cc1. The number of para-hydroxylation sites is 2. The number of ether oxygens (including phenoxy) is 4. The van der Waals surface area contributed by atoms with E-state index in [9.17, 15) is 45.0 Å². The average Bonchev–Trinajstić information content (AvgIpc) is 3.75. The molecule has 0 radical (unpaired) electrons. The Bertz CT molecular complexity index is 2570. The standard InChI is InChI=1S/C26H34O6.C25H30O7.C6H4BBrO2/c1-18(26(16-28)19(2)12-24(30)13-20(3)29)6-7-23(15-27)14-21(4)32-17-22-8-10-25(31-5)11-9-22;1-17(24(15-27)25(30)13-22(29)11-18(2)28)5-6-21(14-26)12-19(3)32-16-20-7-9-23(31-4)10-8-20;8-7-9-5-3-1-2-4-6(5)10-7/h6-14,16,20-21,27,29-30H,15,17H2,1-5H3;5-13,15,19,26,29-30H,14,16H2,1-4H3;1-4H/b7-6+,19-12+,23-14-,24-13-,26-18-;6-5+,21-12-,22-11-,24-17-,25-13-;/t20?,21-;19-;/m00./s1. The smallest absolute Gasteiger partial charge is 0.514 e. The van der Waals surface area contributed by atoms with E-state index in [0.717, 1.165) is 46.3 Å². The van der Waals surface area contributed by atoms with E-state index in [-0.39, 0.29) is 42.7 Å². The van der Waals surface area contributed by atoms with Gasteiger partial charge in [0, 0.05) is 17.7 Å². The van der Waals surface area contributed by atoms with Crippen molar-refractivity contribution in [3.05, 3.63) is 201 Å². The van der Waals surface area contributed by atoms with Crippen LogP contribution in [0.25, 0.3) is 0 Å². The number of benzene rings is 3. The van der Waals surface area contributed by atoms with Gasteiger partial charge in [-0.2, -0.15) is 0 Å². The van der Waals surface area contributed by atoms with Crippen molar-refractivity contribution in [2.24, 2.45) is 0 Å². The number of aliphatic hydroxyl groups excluding tert-OH is 6. The van der Waals surface area contributed by atoms with Crippen LogP contribution in [0, 0.1) is 0 Å². The summed E-state index contributed by atoms with van der Waals surface area (Å²) in [6.07, 6.45) is 14.5. The number of aliphatic hydroxyl groups is 6. The minimum absolute atomic E-state index is 0.0640. The quantitative estimate of drug-likeness (QED) is 0.0161. The molecule has 3 aromatic rings. The van der Waals surface area contributed by atoms with E-state index in [1.165, 1.54) is 26.0 Å². The molecule has 0 bridgehead atoms. The van der Waals surface area contributed by atoms with Gasteiger partial charge in [0.2, 0.25) is 0 Å². The number of carbonyl (C=O) groups excluding carboxylic acids is 3. The molecule has 0 amide bonds. The molecule has 396 valence electrons. The Hall–Kier alpha value is -6.99. The summed E-state index contributed by atoms with van der Waals surface area (Å²) in [6.45, 7) is 11.9. The zero-order valence-corrected chi connectivity index (χ0v) is 44.8. The third kappa shape index (κ3) is 24.6. The van der Waals surface area contributed by atoms with Crippen molar-refractivity contribution in [3.63, 3.8) is 0 Å². The number of rotatable bonds is 24. The maximum Gasteiger partial charge on any atom is 0.678 e. The molecule has 6 N–H and O–H groups in total. The van der Waals surface area contributed by atoms with Crippen LogP contribution in [-0.2, 0) is 37.1 Å². The molecular formula is C57H68BBrO15. The Kier molecular flexibility index (Phi) is 29.4. The second kappa shape index (κ2) is 34.4. The van der Waals surface area contributed by atoms with Crippen molar-refractivity contribution in [3.8, 4) is 23.0 Å². The fraction of sp³-hybridized carbons (Fsp3) is 0.281. The van der Waals surface area contributed by atoms with Gasteiger partial charge in [0.15, 0.2) is 18.4 Å². The van der Waals surface area contributed by atoms with E-state index in [2.05, 4.69) is 15.8 Å². The fourth-order valence-corrected chi connectivity index (χ4v) is 6.75. The third-order valence-electron chi connectivity index (χ3n) is 10.2. The van der Waals surface area contributed by atoms with Crippen LogP contribution in [0.4, 0.5) is 0 Å². The second-order valence-corrected chi connectivity index (χ2v) is 17.2. The van der Waals surface area contributed by atoms with E-state index < -0.39 is 23.4 Å². The number of ketones is 1. The lowest BCUT2D eigenvalue weighted by atomic mass is 10.0. The molecule has 1 aliphatic heterocycles. The Morgan fingerprint density at radius 2 is 1.05 bits per heavy atom. The Morgan fingerprint density at radius 3 is 1.43 bits per heavy atom. The van der Waals surface area contributed by atoms with E-state index in [0.29, 0.717) is 59.2 Å². The number of halogens is 1. The van der Waals surface area contributed by atoms with Gasteiger partial charge in [-0.05, 0) is 152 Å². The molecule has 0 saturated heterocycles. The van der Waals surface area contributed by atoms with E-state index in [1.807, 2.05) is 92.7 Å². The summed E-state index contributed by atoms with van der Waals surface area (Å²) >= 11 is 3.17. The predicted octanol–water partition coefficient (Wildman–Crippen LogP) is 10.3. The molecule has 0 spiro atoms. The number of allylic oxidation sites excluding steroid dienone is 10. The van der Waals surface area contributed by atoms with Crippen LogP contribution < -0.4 is 18.8 Å². The number of methoxy groups -OCH3 is 2. The minimum Gasteiger partial charge on any atom is -0.514 e. The van der Waals surface area contributed by atoms with Crippen LogP contribution in [0.3, 0.4) is 0 Å². The van der Waals surface area contributed by atoms with Crippen LogP contribution >= 0.6 is 15.8 Å². The molecule has 1 unspecified atom stereocenters. The highest BCUT2D eigenvalue weighted by molar-refractivity contribution is 9.24. The average molecular weight is 1080 g/mol. The Labute approximate surface area is 442 Å². The van der Waals surface area contributed by atoms with Crippen molar-refractivity contribution >= 4 is 40.1 Å². The number of fused-ring (bicyclic) bond motifs is 1. The number of hydrogen-bond acceptors (Lipinski definition) is 15. The zero-order chi connectivity index (χ0) is 55.2. The van der Waals surface area contributed by atoms with Crippen molar-refractivity contribution in [2.75, 3.05) is 27.4 Å². The predicted molar refractivity (Wildman–Crippen MR) is 291 cm³/mol. The van der Waals surface area contributed by atoms with Gasteiger partial charge in [0.25, 0.3) is 0 Å². The molecule has 0 aliphatic carbocycles. The first-order valence-corrected chi connectivity index (χ1v) is 24.1. The topological polar surface area (TPSA) is 228 Å². The lowest BCUT2D eigenvalue weighted by Crippen LogP contribution is -2.14. The van der Waals surface area contributed by atoms with Crippen molar-refractivity contribution in [1.82, 2.24) is 0 Å². The first kappa shape index (κ1) is 63.1. The fourth-order valence-electron chi connectivity index (χ4n) is 6.35. The van der Waals surface area contributed by atoms with E-state index in [4.69, 9.17) is 28.3 Å². The van der Waals surface area contributed by atoms with Crippen LogP contribution in [0.1, 0.15) is 59.6 Å². The van der Waals surface area contributed by atoms with Gasteiger partial charge < -0.3 is 58.9 Å². The highest BCUT2D eigenvalue weighted by Crippen LogP contribution is 2.33. The summed E-state index contributed by atoms with van der Waals surface area (Å²) in [6, 6.07) is 22.7. The number of hydrogen-bond donors (Lipinski definition) is 6. The van der Waals surface area contributed by atoms with Crippen molar-refractivity contribution in [1.29, 1.82) is 0 Å². The monoisotopic (exact) mass is 1080 g/mol. The molecule has 0 aromatic heterocycles. The summed E-state index contributed by atoms with van der Waals surface area (Å²) < 4.78 is 32.3. The molecule has 0 fully saturated rings. The van der Waals surface area contributed by atoms with Crippen LogP contribution in [0.2, 0.25) is 0 Å². The summed E-state index contributed by atoms with van der Waals surface area (Å²) in [5.41, 5.74) is 5.17. The first-order valence-electron chi connectivity index (χ1n) is 23.2. The minimum atomic E-state index is -0.796. The van der Waals surface area contributed by atoms with Gasteiger partial charge in [0.05, 0.1) is 64.5 Å². The Morgan fingerprint density at radius 1 is 0.622 bits per heavy atom. The maximum absolute atomic E-state index is 11.6. The van der Waals surface area contributed by atoms with Crippen molar-refractivity contribution in [2.45, 2.75) is 80.0 Å². The maximum atomic E-state index is 11.6. The largest absolute Gasteiger partial charge is 0.678 e. The summed E-state index contributed by atoms with van der Waals surface area (Å²) in [5.74, 6) is 1.35. The Balaban J connectivity index is 0.000000424. The van der Waals surface area contributed by atoms with Gasteiger partial charge in [-0.15, -0.1) is 0 Å². The number of aldehydes is 2. The van der Waals surface area contributed by atoms with Crippen LogP contribution in [0.5, 0.6) is 23.0 Å². The molecule has 3 aromatic carbocycles. The lowest BCUT2D eigenvalue weighted by Gasteiger charge is -2.11.